The molecule has 0 aliphatic carbocycles. The minimum absolute atomic E-state index is 0.376. The second-order valence-corrected chi connectivity index (χ2v) is 3.68. The van der Waals surface area contributed by atoms with Crippen molar-refractivity contribution in [2.45, 2.75) is 13.0 Å². The summed E-state index contributed by atoms with van der Waals surface area (Å²) in [5.41, 5.74) is 1.26. The molecule has 0 amide bonds. The number of para-hydroxylation sites is 1. The van der Waals surface area contributed by atoms with Crippen molar-refractivity contribution in [2.24, 2.45) is 0 Å². The van der Waals surface area contributed by atoms with Crippen LogP contribution in [0.1, 0.15) is 18.5 Å². The first-order chi connectivity index (χ1) is 7.42. The topological polar surface area (TPSA) is 33.3 Å². The molecule has 0 aromatic heterocycles. The Bertz CT molecular complexity index is 308. The smallest absolute Gasteiger partial charge is 0.124 e. The summed E-state index contributed by atoms with van der Waals surface area (Å²) in [5, 5.41) is 6.88. The Balaban J connectivity index is 2.17. The van der Waals surface area contributed by atoms with E-state index in [4.69, 9.17) is 4.74 Å². The fourth-order valence-corrected chi connectivity index (χ4v) is 1.93. The van der Waals surface area contributed by atoms with Crippen LogP contribution in [-0.4, -0.2) is 26.2 Å². The van der Waals surface area contributed by atoms with Gasteiger partial charge in [0, 0.05) is 31.2 Å². The quantitative estimate of drug-likeness (QED) is 0.782. The highest BCUT2D eigenvalue weighted by atomic mass is 16.5. The molecule has 0 saturated carbocycles. The summed E-state index contributed by atoms with van der Waals surface area (Å²) in [4.78, 5) is 0. The molecule has 0 spiro atoms. The normalized spacial score (nSPS) is 21.3. The van der Waals surface area contributed by atoms with Gasteiger partial charge in [-0.15, -0.1) is 0 Å². The third-order valence-electron chi connectivity index (χ3n) is 2.64. The molecule has 0 bridgehead atoms. The molecular formula is C12H18N2O. The van der Waals surface area contributed by atoms with Gasteiger partial charge < -0.3 is 15.4 Å². The first kappa shape index (κ1) is 10.5. The van der Waals surface area contributed by atoms with Crippen molar-refractivity contribution >= 4 is 0 Å². The molecule has 1 atom stereocenters. The van der Waals surface area contributed by atoms with Gasteiger partial charge in [-0.25, -0.2) is 0 Å². The minimum Gasteiger partial charge on any atom is -0.494 e. The lowest BCUT2D eigenvalue weighted by atomic mass is 10.0. The van der Waals surface area contributed by atoms with Crippen molar-refractivity contribution in [1.82, 2.24) is 10.6 Å². The fourth-order valence-electron chi connectivity index (χ4n) is 1.93. The van der Waals surface area contributed by atoms with Gasteiger partial charge in [0.2, 0.25) is 0 Å². The Kier molecular flexibility index (Phi) is 3.59. The van der Waals surface area contributed by atoms with E-state index in [1.807, 2.05) is 19.1 Å². The summed E-state index contributed by atoms with van der Waals surface area (Å²) in [6, 6.07) is 8.63. The zero-order valence-electron chi connectivity index (χ0n) is 9.12. The summed E-state index contributed by atoms with van der Waals surface area (Å²) in [5.74, 6) is 1.00. The van der Waals surface area contributed by atoms with Crippen LogP contribution in [-0.2, 0) is 0 Å². The predicted molar refractivity (Wildman–Crippen MR) is 61.2 cm³/mol. The van der Waals surface area contributed by atoms with Gasteiger partial charge in [-0.1, -0.05) is 18.2 Å². The van der Waals surface area contributed by atoms with E-state index in [1.54, 1.807) is 0 Å². The molecule has 1 fully saturated rings. The van der Waals surface area contributed by atoms with Gasteiger partial charge in [0.1, 0.15) is 5.75 Å². The summed E-state index contributed by atoms with van der Waals surface area (Å²) in [6.07, 6.45) is 0. The van der Waals surface area contributed by atoms with Crippen LogP contribution in [0.2, 0.25) is 0 Å². The Morgan fingerprint density at radius 1 is 1.33 bits per heavy atom. The van der Waals surface area contributed by atoms with Crippen LogP contribution in [0.5, 0.6) is 5.75 Å². The van der Waals surface area contributed by atoms with Gasteiger partial charge in [-0.05, 0) is 13.0 Å². The maximum atomic E-state index is 5.62. The average Bonchev–Trinajstić information content (AvgIpc) is 2.31. The third-order valence-corrected chi connectivity index (χ3v) is 2.64. The molecule has 3 nitrogen and oxygen atoms in total. The average molecular weight is 206 g/mol. The largest absolute Gasteiger partial charge is 0.494 e. The lowest BCUT2D eigenvalue weighted by Crippen LogP contribution is -2.42. The Morgan fingerprint density at radius 3 is 2.93 bits per heavy atom. The van der Waals surface area contributed by atoms with Gasteiger partial charge in [0.25, 0.3) is 0 Å². The highest BCUT2D eigenvalue weighted by molar-refractivity contribution is 5.36. The van der Waals surface area contributed by atoms with Crippen LogP contribution in [0.25, 0.3) is 0 Å². The summed E-state index contributed by atoms with van der Waals surface area (Å²) in [7, 11) is 0. The molecule has 2 rings (SSSR count). The number of nitrogens with one attached hydrogen (secondary N) is 2. The van der Waals surface area contributed by atoms with E-state index in [1.165, 1.54) is 5.56 Å². The molecule has 1 aromatic carbocycles. The predicted octanol–water partition coefficient (Wildman–Crippen LogP) is 1.32. The highest BCUT2D eigenvalue weighted by Gasteiger charge is 2.17. The molecule has 1 saturated heterocycles. The van der Waals surface area contributed by atoms with Gasteiger partial charge in [0.15, 0.2) is 0 Å². The zero-order valence-corrected chi connectivity index (χ0v) is 9.12. The van der Waals surface area contributed by atoms with E-state index >= 15 is 0 Å². The number of benzene rings is 1. The van der Waals surface area contributed by atoms with E-state index < -0.39 is 0 Å². The van der Waals surface area contributed by atoms with Crippen LogP contribution in [0.3, 0.4) is 0 Å². The molecule has 1 aromatic rings. The van der Waals surface area contributed by atoms with E-state index in [0.717, 1.165) is 32.0 Å². The molecular weight excluding hydrogens is 188 g/mol. The van der Waals surface area contributed by atoms with Crippen molar-refractivity contribution < 1.29 is 4.74 Å². The Morgan fingerprint density at radius 2 is 2.20 bits per heavy atom. The van der Waals surface area contributed by atoms with Crippen molar-refractivity contribution in [1.29, 1.82) is 0 Å². The Labute approximate surface area is 90.8 Å². The van der Waals surface area contributed by atoms with Crippen LogP contribution < -0.4 is 15.4 Å². The SMILES string of the molecule is CCOc1ccccc1C1CNCCN1. The molecule has 82 valence electrons. The van der Waals surface area contributed by atoms with Crippen molar-refractivity contribution in [2.75, 3.05) is 26.2 Å². The summed E-state index contributed by atoms with van der Waals surface area (Å²) < 4.78 is 5.62. The Hall–Kier alpha value is -1.06. The maximum Gasteiger partial charge on any atom is 0.124 e. The van der Waals surface area contributed by atoms with Crippen LogP contribution >= 0.6 is 0 Å². The van der Waals surface area contributed by atoms with Gasteiger partial charge in [-0.2, -0.15) is 0 Å². The second-order valence-electron chi connectivity index (χ2n) is 3.68. The van der Waals surface area contributed by atoms with E-state index in [9.17, 15) is 0 Å². The number of piperazine rings is 1. The lowest BCUT2D eigenvalue weighted by molar-refractivity contribution is 0.326. The molecule has 1 aliphatic heterocycles. The first-order valence-corrected chi connectivity index (χ1v) is 5.57. The van der Waals surface area contributed by atoms with Crippen LogP contribution in [0, 0.1) is 0 Å². The van der Waals surface area contributed by atoms with Crippen LogP contribution in [0.15, 0.2) is 24.3 Å². The van der Waals surface area contributed by atoms with Crippen molar-refractivity contribution in [3.05, 3.63) is 29.8 Å². The van der Waals surface area contributed by atoms with E-state index in [-0.39, 0.29) is 0 Å². The van der Waals surface area contributed by atoms with Gasteiger partial charge >= 0.3 is 0 Å². The molecule has 15 heavy (non-hydrogen) atoms. The monoisotopic (exact) mass is 206 g/mol. The molecule has 1 heterocycles. The molecule has 2 N–H and O–H groups in total. The van der Waals surface area contributed by atoms with E-state index in [0.29, 0.717) is 6.04 Å². The van der Waals surface area contributed by atoms with Crippen molar-refractivity contribution in [3.8, 4) is 5.75 Å². The highest BCUT2D eigenvalue weighted by Crippen LogP contribution is 2.25. The molecule has 3 heteroatoms. The molecule has 1 aliphatic rings. The molecule has 0 radical (unpaired) electrons. The number of rotatable bonds is 3. The minimum atomic E-state index is 0.376. The summed E-state index contributed by atoms with van der Waals surface area (Å²) >= 11 is 0. The van der Waals surface area contributed by atoms with Gasteiger partial charge in [0.05, 0.1) is 6.61 Å². The number of hydrogen-bond donors (Lipinski definition) is 2. The lowest BCUT2D eigenvalue weighted by Gasteiger charge is -2.26. The standard InChI is InChI=1S/C12H18N2O/c1-2-15-12-6-4-3-5-10(12)11-9-13-7-8-14-11/h3-6,11,13-14H,2,7-9H2,1H3. The van der Waals surface area contributed by atoms with Crippen LogP contribution in [0.4, 0.5) is 0 Å². The molecule has 1 unspecified atom stereocenters. The van der Waals surface area contributed by atoms with Crippen molar-refractivity contribution in [3.63, 3.8) is 0 Å². The third kappa shape index (κ3) is 2.49. The number of ether oxygens (including phenoxy) is 1. The zero-order chi connectivity index (χ0) is 10.5. The summed E-state index contributed by atoms with van der Waals surface area (Å²) in [6.45, 7) is 5.78. The maximum absolute atomic E-state index is 5.62. The first-order valence-electron chi connectivity index (χ1n) is 5.57. The van der Waals surface area contributed by atoms with E-state index in [2.05, 4.69) is 22.8 Å². The second kappa shape index (κ2) is 5.14. The van der Waals surface area contributed by atoms with Gasteiger partial charge in [-0.3, -0.25) is 0 Å². The fraction of sp³-hybridized carbons (Fsp3) is 0.500. The number of hydrogen-bond acceptors (Lipinski definition) is 3.